The second-order valence-electron chi connectivity index (χ2n) is 10.2. The monoisotopic (exact) mass is 558 g/mol. The number of aromatic nitrogens is 2. The fourth-order valence-electron chi connectivity index (χ4n) is 5.02. The van der Waals surface area contributed by atoms with E-state index in [4.69, 9.17) is 4.84 Å². The quantitative estimate of drug-likeness (QED) is 0.276. The second-order valence-corrected chi connectivity index (χ2v) is 10.2. The van der Waals surface area contributed by atoms with Gasteiger partial charge in [0.15, 0.2) is 0 Å². The van der Waals surface area contributed by atoms with Gasteiger partial charge in [-0.25, -0.2) is 18.7 Å². The van der Waals surface area contributed by atoms with Crippen LogP contribution in [0.5, 0.6) is 0 Å². The zero-order valence-electron chi connectivity index (χ0n) is 22.4. The van der Waals surface area contributed by atoms with Gasteiger partial charge in [0.2, 0.25) is 5.91 Å². The van der Waals surface area contributed by atoms with E-state index in [1.807, 2.05) is 0 Å². The Bertz CT molecular complexity index is 1550. The van der Waals surface area contributed by atoms with Crippen LogP contribution < -0.4 is 10.8 Å². The first-order valence-corrected chi connectivity index (χ1v) is 13.2. The van der Waals surface area contributed by atoms with Crippen molar-refractivity contribution in [3.8, 4) is 17.3 Å². The van der Waals surface area contributed by atoms with E-state index in [1.165, 1.54) is 36.8 Å². The lowest BCUT2D eigenvalue weighted by Crippen LogP contribution is -2.37. The van der Waals surface area contributed by atoms with Crippen LogP contribution >= 0.6 is 0 Å². The number of hydrogen-bond acceptors (Lipinski definition) is 7. The average Bonchev–Trinajstić information content (AvgIpc) is 3.74. The molecule has 0 radical (unpaired) electrons. The first-order valence-electron chi connectivity index (χ1n) is 13.2. The normalized spacial score (nSPS) is 18.0. The minimum atomic E-state index is -0.695. The first-order chi connectivity index (χ1) is 19.8. The van der Waals surface area contributed by atoms with Crippen molar-refractivity contribution in [1.82, 2.24) is 14.9 Å². The van der Waals surface area contributed by atoms with Gasteiger partial charge in [-0.2, -0.15) is 5.26 Å². The minimum Gasteiger partial charge on any atom is -0.332 e. The summed E-state index contributed by atoms with van der Waals surface area (Å²) in [4.78, 5) is 40.7. The molecule has 3 aromatic rings. The molecule has 2 aliphatic rings. The van der Waals surface area contributed by atoms with E-state index in [2.05, 4.69) is 33.4 Å². The molecule has 0 unspecified atom stereocenters. The highest BCUT2D eigenvalue weighted by Gasteiger charge is 2.34. The van der Waals surface area contributed by atoms with Gasteiger partial charge >= 0.3 is 0 Å². The van der Waals surface area contributed by atoms with Crippen molar-refractivity contribution in [1.29, 1.82) is 5.26 Å². The molecule has 2 heterocycles. The van der Waals surface area contributed by atoms with Gasteiger partial charge in [0, 0.05) is 17.8 Å². The summed E-state index contributed by atoms with van der Waals surface area (Å²) >= 11 is 0. The van der Waals surface area contributed by atoms with Crippen LogP contribution in [-0.2, 0) is 9.63 Å². The van der Waals surface area contributed by atoms with Crippen LogP contribution in [0, 0.1) is 35.8 Å². The molecule has 1 aliphatic heterocycles. The van der Waals surface area contributed by atoms with Crippen LogP contribution in [0.2, 0.25) is 0 Å². The van der Waals surface area contributed by atoms with E-state index in [-0.39, 0.29) is 35.7 Å². The van der Waals surface area contributed by atoms with E-state index < -0.39 is 17.5 Å². The Morgan fingerprint density at radius 3 is 2.76 bits per heavy atom. The van der Waals surface area contributed by atoms with E-state index in [9.17, 15) is 23.6 Å². The minimum absolute atomic E-state index is 0.0701. The van der Waals surface area contributed by atoms with E-state index in [0.717, 1.165) is 24.5 Å². The summed E-state index contributed by atoms with van der Waals surface area (Å²) in [6.07, 6.45) is 6.41. The van der Waals surface area contributed by atoms with Crippen molar-refractivity contribution in [2.75, 3.05) is 23.9 Å². The van der Waals surface area contributed by atoms with Crippen LogP contribution in [-0.4, -0.2) is 45.9 Å². The molecule has 2 aromatic carbocycles. The Kier molecular flexibility index (Phi) is 8.03. The number of benzene rings is 2. The molecule has 2 amide bonds. The van der Waals surface area contributed by atoms with Crippen LogP contribution in [0.15, 0.2) is 55.5 Å². The van der Waals surface area contributed by atoms with E-state index >= 15 is 0 Å². The highest BCUT2D eigenvalue weighted by atomic mass is 19.1. The summed E-state index contributed by atoms with van der Waals surface area (Å²) in [7, 11) is 0. The average molecular weight is 559 g/mol. The highest BCUT2D eigenvalue weighted by Crippen LogP contribution is 2.40. The Morgan fingerprint density at radius 1 is 1.24 bits per heavy atom. The second kappa shape index (κ2) is 11.8. The van der Waals surface area contributed by atoms with Crippen molar-refractivity contribution < 1.29 is 23.2 Å². The van der Waals surface area contributed by atoms with Crippen molar-refractivity contribution in [3.05, 3.63) is 83.8 Å². The molecule has 11 heteroatoms. The lowest BCUT2D eigenvalue weighted by atomic mass is 10.0. The molecule has 2 atom stereocenters. The third kappa shape index (κ3) is 6.07. The summed E-state index contributed by atoms with van der Waals surface area (Å²) in [5.74, 6) is -2.21. The summed E-state index contributed by atoms with van der Waals surface area (Å²) in [6.45, 7) is 5.56. The van der Waals surface area contributed by atoms with Crippen LogP contribution in [0.1, 0.15) is 46.7 Å². The molecular weight excluding hydrogens is 530 g/mol. The zero-order valence-corrected chi connectivity index (χ0v) is 22.4. The molecule has 5 rings (SSSR count). The fraction of sp³-hybridized carbons (Fsp3) is 0.300. The molecule has 2 fully saturated rings. The smallest absolute Gasteiger partial charge is 0.258 e. The van der Waals surface area contributed by atoms with Gasteiger partial charge in [-0.15, -0.1) is 0 Å². The number of halogens is 2. The van der Waals surface area contributed by atoms with E-state index in [0.29, 0.717) is 41.4 Å². The number of hydrogen-bond donors (Lipinski definition) is 2. The molecule has 1 aliphatic carbocycles. The number of carbonyl (C=O) groups is 2. The number of amides is 2. The van der Waals surface area contributed by atoms with Crippen molar-refractivity contribution >= 4 is 23.2 Å². The lowest BCUT2D eigenvalue weighted by Gasteiger charge is -2.23. The molecule has 1 aromatic heterocycles. The molecule has 9 nitrogen and oxygen atoms in total. The summed E-state index contributed by atoms with van der Waals surface area (Å²) < 4.78 is 29.5. The molecule has 210 valence electrons. The van der Waals surface area contributed by atoms with Crippen LogP contribution in [0.25, 0.3) is 11.3 Å². The maximum atomic E-state index is 14.8. The van der Waals surface area contributed by atoms with Gasteiger partial charge in [0.1, 0.15) is 23.6 Å². The molecule has 0 spiro atoms. The first kappa shape index (κ1) is 27.9. The summed E-state index contributed by atoms with van der Waals surface area (Å²) in [5.41, 5.74) is 5.13. The number of nitrogens with one attached hydrogen (secondary N) is 2. The largest absolute Gasteiger partial charge is 0.332 e. The Labute approximate surface area is 235 Å². The summed E-state index contributed by atoms with van der Waals surface area (Å²) in [6, 6.07) is 8.85. The van der Waals surface area contributed by atoms with E-state index in [1.54, 1.807) is 17.9 Å². The number of anilines is 2. The van der Waals surface area contributed by atoms with Gasteiger partial charge in [0.05, 0.1) is 42.1 Å². The number of nitrogens with zero attached hydrogens (tertiary/aromatic N) is 4. The van der Waals surface area contributed by atoms with Gasteiger partial charge in [0.25, 0.3) is 5.91 Å². The predicted molar refractivity (Wildman–Crippen MR) is 147 cm³/mol. The van der Waals surface area contributed by atoms with Gasteiger partial charge in [-0.1, -0.05) is 12.6 Å². The molecular formula is C30H28F2N6O3. The third-order valence-corrected chi connectivity index (χ3v) is 7.39. The third-order valence-electron chi connectivity index (χ3n) is 7.39. The van der Waals surface area contributed by atoms with Crippen LogP contribution in [0.3, 0.4) is 0 Å². The Hall–Kier alpha value is -4.69. The number of rotatable bonds is 9. The molecule has 0 bridgehead atoms. The molecule has 1 saturated carbocycles. The topological polar surface area (TPSA) is 120 Å². The Morgan fingerprint density at radius 2 is 2.05 bits per heavy atom. The van der Waals surface area contributed by atoms with Gasteiger partial charge in [-0.05, 0) is 73.6 Å². The highest BCUT2D eigenvalue weighted by molar-refractivity contribution is 6.05. The zero-order chi connectivity index (χ0) is 29.1. The maximum absolute atomic E-state index is 14.8. The summed E-state index contributed by atoms with van der Waals surface area (Å²) in [5, 5.41) is 11.9. The van der Waals surface area contributed by atoms with Crippen molar-refractivity contribution in [3.63, 3.8) is 0 Å². The predicted octanol–water partition coefficient (Wildman–Crippen LogP) is 5.13. The maximum Gasteiger partial charge on any atom is 0.258 e. The fourth-order valence-corrected chi connectivity index (χ4v) is 5.02. The van der Waals surface area contributed by atoms with Gasteiger partial charge < -0.3 is 10.2 Å². The van der Waals surface area contributed by atoms with Crippen molar-refractivity contribution in [2.24, 2.45) is 5.92 Å². The number of likely N-dealkylation sites (tertiary alicyclic amines) is 1. The standard InChI is InChI=1S/C30H28F2N6O3/c1-3-28(39)38-14-18(12-33)8-22(38)15-41-37-27-13-34-16-35-29(27)24-10-21(31)11-26(17(24)2)36-30(40)23-7-6-20(9-25(23)32)19-4-5-19/h3,6-7,9-11,13,16,18-19,22,37H,1,4-5,8,14-15H2,2H3,(H,36,40)/t18-,22-/m0/s1. The SMILES string of the molecule is C=CC(=O)N1C[C@H](C#N)C[C@H]1CONc1cncnc1-c1cc(F)cc(NC(=O)c2ccc(C3CC3)cc2F)c1C. The molecule has 2 N–H and O–H groups in total. The van der Waals surface area contributed by atoms with Crippen LogP contribution in [0.4, 0.5) is 20.2 Å². The number of nitriles is 1. The Balaban J connectivity index is 1.33. The van der Waals surface area contributed by atoms with Gasteiger partial charge in [-0.3, -0.25) is 19.9 Å². The number of carbonyl (C=O) groups excluding carboxylic acids is 2. The molecule has 1 saturated heterocycles. The molecule has 41 heavy (non-hydrogen) atoms. The van der Waals surface area contributed by atoms with Crippen molar-refractivity contribution in [2.45, 2.75) is 38.1 Å². The lowest BCUT2D eigenvalue weighted by molar-refractivity contribution is -0.127.